The van der Waals surface area contributed by atoms with Gasteiger partial charge in [0.15, 0.2) is 0 Å². The van der Waals surface area contributed by atoms with Gasteiger partial charge in [0.1, 0.15) is 10.9 Å². The Kier molecular flexibility index (Phi) is 7.67. The van der Waals surface area contributed by atoms with E-state index in [0.29, 0.717) is 17.0 Å². The molecule has 10 nitrogen and oxygen atoms in total. The van der Waals surface area contributed by atoms with E-state index < -0.39 is 5.91 Å². The van der Waals surface area contributed by atoms with Crippen LogP contribution in [-0.4, -0.2) is 66.9 Å². The Balaban J connectivity index is 1.56. The van der Waals surface area contributed by atoms with Crippen molar-refractivity contribution in [2.75, 3.05) is 51.8 Å². The predicted octanol–water partition coefficient (Wildman–Crippen LogP) is 1.14. The van der Waals surface area contributed by atoms with Crippen LogP contribution in [0.2, 0.25) is 0 Å². The molecular formula is C22H33N6O4+. The van der Waals surface area contributed by atoms with Crippen molar-refractivity contribution >= 4 is 22.9 Å². The third kappa shape index (κ3) is 5.25. The Morgan fingerprint density at radius 3 is 2.81 bits per heavy atom. The van der Waals surface area contributed by atoms with Gasteiger partial charge in [-0.25, -0.2) is 10.5 Å². The van der Waals surface area contributed by atoms with E-state index in [1.807, 2.05) is 4.57 Å². The first-order chi connectivity index (χ1) is 15.7. The summed E-state index contributed by atoms with van der Waals surface area (Å²) in [5.74, 6) is 0.0757. The summed E-state index contributed by atoms with van der Waals surface area (Å²) in [6, 6.07) is 0.213. The van der Waals surface area contributed by atoms with Gasteiger partial charge in [-0.3, -0.25) is 24.6 Å². The Hall–Kier alpha value is -2.56. The lowest BCUT2D eigenvalue weighted by atomic mass is 9.95. The highest BCUT2D eigenvalue weighted by Crippen LogP contribution is 2.30. The maximum absolute atomic E-state index is 13.0. The minimum Gasteiger partial charge on any atom is -0.379 e. The van der Waals surface area contributed by atoms with Crippen LogP contribution >= 0.6 is 0 Å². The lowest BCUT2D eigenvalue weighted by molar-refractivity contribution is -0.363. The van der Waals surface area contributed by atoms with Gasteiger partial charge in [0.05, 0.1) is 33.1 Å². The number of anilines is 1. The fraction of sp³-hybridized carbons (Fsp3) is 0.636. The van der Waals surface area contributed by atoms with Gasteiger partial charge in [0, 0.05) is 31.9 Å². The number of morpholine rings is 1. The number of pyridine rings is 1. The van der Waals surface area contributed by atoms with Crippen molar-refractivity contribution in [3.63, 3.8) is 0 Å². The molecule has 2 fully saturated rings. The number of fused-ring (bicyclic) bond motifs is 1. The molecule has 1 aliphatic heterocycles. The lowest BCUT2D eigenvalue weighted by Crippen LogP contribution is -2.37. The summed E-state index contributed by atoms with van der Waals surface area (Å²) in [6.07, 6.45) is 9.76. The third-order valence-electron chi connectivity index (χ3n) is 6.27. The summed E-state index contributed by atoms with van der Waals surface area (Å²) in [5, 5.41) is 3.75. The molecule has 4 rings (SSSR count). The van der Waals surface area contributed by atoms with Gasteiger partial charge in [-0.1, -0.05) is 24.2 Å². The van der Waals surface area contributed by atoms with E-state index in [0.717, 1.165) is 71.5 Å². The van der Waals surface area contributed by atoms with E-state index >= 15 is 0 Å². The fourth-order valence-corrected chi connectivity index (χ4v) is 4.54. The second kappa shape index (κ2) is 10.8. The van der Waals surface area contributed by atoms with Crippen LogP contribution in [0.15, 0.2) is 17.2 Å². The number of nitrogens with zero attached hydrogens (tertiary/aromatic N) is 3. The van der Waals surface area contributed by atoms with Gasteiger partial charge in [0.2, 0.25) is 11.1 Å². The van der Waals surface area contributed by atoms with Gasteiger partial charge >= 0.3 is 5.95 Å². The standard InChI is InChI=1S/C22H32N6O4/c1-31-26-21(30)18-15-28(16-6-3-2-4-7-16)20-17(19(18)29)14-24-22(25-20)23-8-5-9-27-10-12-32-13-11-27/h14-16H,2-13H2,1H3,(H,26,30)(H,23,24,25)/p+1. The zero-order chi connectivity index (χ0) is 22.3. The number of hydroxylamine groups is 1. The normalized spacial score (nSPS) is 18.0. The molecule has 2 aromatic heterocycles. The zero-order valence-electron chi connectivity index (χ0n) is 18.7. The number of ether oxygens (including phenoxy) is 1. The maximum Gasteiger partial charge on any atom is 0.391 e. The Labute approximate surface area is 187 Å². The number of carbonyl (C=O) groups is 1. The third-order valence-corrected chi connectivity index (χ3v) is 6.27. The summed E-state index contributed by atoms with van der Waals surface area (Å²) in [5.41, 5.74) is 2.57. The van der Waals surface area contributed by atoms with Crippen molar-refractivity contribution < 1.29 is 19.4 Å². The minimum atomic E-state index is -0.547. The molecule has 32 heavy (non-hydrogen) atoms. The van der Waals surface area contributed by atoms with E-state index in [4.69, 9.17) is 14.6 Å². The Morgan fingerprint density at radius 1 is 1.28 bits per heavy atom. The lowest BCUT2D eigenvalue weighted by Gasteiger charge is -2.26. The molecule has 3 N–H and O–H groups in total. The van der Waals surface area contributed by atoms with Gasteiger partial charge in [-0.2, -0.15) is 0 Å². The van der Waals surface area contributed by atoms with Gasteiger partial charge in [-0.15, -0.1) is 0 Å². The summed E-state index contributed by atoms with van der Waals surface area (Å²) >= 11 is 0. The number of nitrogens with one attached hydrogen (secondary N) is 3. The maximum atomic E-state index is 13.0. The fourth-order valence-electron chi connectivity index (χ4n) is 4.54. The first-order valence-electron chi connectivity index (χ1n) is 11.5. The van der Waals surface area contributed by atoms with Crippen molar-refractivity contribution in [3.8, 4) is 0 Å². The average Bonchev–Trinajstić information content (AvgIpc) is 2.83. The minimum absolute atomic E-state index is 0.0614. The van der Waals surface area contributed by atoms with Crippen molar-refractivity contribution in [1.29, 1.82) is 0 Å². The highest BCUT2D eigenvalue weighted by atomic mass is 16.6. The quantitative estimate of drug-likeness (QED) is 0.463. The topological polar surface area (TPSA) is 112 Å². The predicted molar refractivity (Wildman–Crippen MR) is 120 cm³/mol. The first-order valence-corrected chi connectivity index (χ1v) is 11.5. The second-order valence-electron chi connectivity index (χ2n) is 8.43. The van der Waals surface area contributed by atoms with E-state index in [1.165, 1.54) is 13.5 Å². The van der Waals surface area contributed by atoms with Crippen LogP contribution in [0.3, 0.4) is 0 Å². The van der Waals surface area contributed by atoms with Crippen molar-refractivity contribution in [2.24, 2.45) is 0 Å². The highest BCUT2D eigenvalue weighted by molar-refractivity contribution is 5.96. The zero-order valence-corrected chi connectivity index (χ0v) is 18.7. The second-order valence-corrected chi connectivity index (χ2v) is 8.43. The molecule has 0 unspecified atom stereocenters. The van der Waals surface area contributed by atoms with Crippen molar-refractivity contribution in [2.45, 2.75) is 44.6 Å². The molecule has 0 atom stereocenters. The average molecular weight is 446 g/mol. The molecule has 1 saturated carbocycles. The Morgan fingerprint density at radius 2 is 2.06 bits per heavy atom. The molecule has 3 heterocycles. The molecule has 0 bridgehead atoms. The monoisotopic (exact) mass is 445 g/mol. The SMILES string of the molecule is CONC(=O)c1cn(C2CCCCC2)c2nc(NCCCN3CCOCC3)[nH+]cc2c1=O. The summed E-state index contributed by atoms with van der Waals surface area (Å²) < 4.78 is 7.40. The van der Waals surface area contributed by atoms with Crippen LogP contribution in [-0.2, 0) is 9.57 Å². The highest BCUT2D eigenvalue weighted by Gasteiger charge is 2.24. The summed E-state index contributed by atoms with van der Waals surface area (Å²) in [7, 11) is 1.35. The van der Waals surface area contributed by atoms with E-state index in [9.17, 15) is 9.59 Å². The van der Waals surface area contributed by atoms with Gasteiger partial charge in [-0.05, 0) is 19.3 Å². The molecule has 1 amide bonds. The van der Waals surface area contributed by atoms with E-state index in [-0.39, 0.29) is 17.0 Å². The number of aromatic amines is 1. The number of rotatable bonds is 8. The number of amides is 1. The number of carbonyl (C=O) groups excluding carboxylic acids is 1. The molecule has 2 aliphatic rings. The van der Waals surface area contributed by atoms with Crippen LogP contribution in [0.5, 0.6) is 0 Å². The molecule has 0 aromatic carbocycles. The van der Waals surface area contributed by atoms with Crippen LogP contribution < -0.4 is 21.2 Å². The molecule has 1 aliphatic carbocycles. The van der Waals surface area contributed by atoms with E-state index in [1.54, 1.807) is 12.4 Å². The molecule has 1 saturated heterocycles. The van der Waals surface area contributed by atoms with Crippen molar-refractivity contribution in [1.82, 2.24) is 19.9 Å². The van der Waals surface area contributed by atoms with Gasteiger partial charge < -0.3 is 9.30 Å². The van der Waals surface area contributed by atoms with E-state index in [2.05, 4.69) is 20.7 Å². The number of hydrogen-bond donors (Lipinski definition) is 2. The summed E-state index contributed by atoms with van der Waals surface area (Å²) in [4.78, 5) is 40.4. The molecule has 174 valence electrons. The largest absolute Gasteiger partial charge is 0.391 e. The molecule has 0 spiro atoms. The first kappa shape index (κ1) is 22.6. The van der Waals surface area contributed by atoms with Crippen LogP contribution in [0.25, 0.3) is 11.0 Å². The number of aromatic nitrogens is 3. The number of H-pyrrole nitrogens is 1. The summed E-state index contributed by atoms with van der Waals surface area (Å²) in [6.45, 7) is 5.34. The van der Waals surface area contributed by atoms with Crippen LogP contribution in [0.4, 0.5) is 5.95 Å². The van der Waals surface area contributed by atoms with Crippen molar-refractivity contribution in [3.05, 3.63) is 28.2 Å². The molecule has 0 radical (unpaired) electrons. The molecular weight excluding hydrogens is 412 g/mol. The van der Waals surface area contributed by atoms with Gasteiger partial charge in [0.25, 0.3) is 5.91 Å². The Bertz CT molecular complexity index is 982. The van der Waals surface area contributed by atoms with Crippen LogP contribution in [0.1, 0.15) is 54.9 Å². The smallest absolute Gasteiger partial charge is 0.379 e. The molecule has 10 heteroatoms. The molecule has 2 aromatic rings. The van der Waals surface area contributed by atoms with Crippen LogP contribution in [0, 0.1) is 0 Å². The number of hydrogen-bond acceptors (Lipinski definition) is 7.